The molecule has 9 nitrogen and oxygen atoms in total. The number of anilines is 1. The van der Waals surface area contributed by atoms with Gasteiger partial charge in [-0.15, -0.1) is 11.3 Å². The Morgan fingerprint density at radius 1 is 1.19 bits per heavy atom. The van der Waals surface area contributed by atoms with Crippen LogP contribution in [0.1, 0.15) is 19.1 Å². The Bertz CT molecular complexity index is 1060. The fourth-order valence-electron chi connectivity index (χ4n) is 3.39. The SMILES string of the molecule is CC(=O)N1CCN(CCC(=O)Nc2cc(-c3nccs3)nc(-c3ccc(C)o3)n2)CC1. The normalized spacial score (nSPS) is 14.6. The van der Waals surface area contributed by atoms with E-state index in [1.165, 1.54) is 11.3 Å². The van der Waals surface area contributed by atoms with E-state index in [1.807, 2.05) is 29.3 Å². The summed E-state index contributed by atoms with van der Waals surface area (Å²) in [6, 6.07) is 5.38. The molecule has 10 heteroatoms. The number of hydrogen-bond acceptors (Lipinski definition) is 8. The first-order valence-electron chi connectivity index (χ1n) is 10.1. The van der Waals surface area contributed by atoms with Gasteiger partial charge in [0.1, 0.15) is 22.3 Å². The van der Waals surface area contributed by atoms with E-state index in [1.54, 1.807) is 19.2 Å². The predicted molar refractivity (Wildman–Crippen MR) is 118 cm³/mol. The Morgan fingerprint density at radius 2 is 2.00 bits per heavy atom. The van der Waals surface area contributed by atoms with Crippen LogP contribution >= 0.6 is 11.3 Å². The van der Waals surface area contributed by atoms with Crippen molar-refractivity contribution < 1.29 is 14.0 Å². The summed E-state index contributed by atoms with van der Waals surface area (Å²) in [4.78, 5) is 41.4. The summed E-state index contributed by atoms with van der Waals surface area (Å²) in [6.07, 6.45) is 2.05. The van der Waals surface area contributed by atoms with Gasteiger partial charge in [-0.2, -0.15) is 0 Å². The first kappa shape index (κ1) is 21.1. The van der Waals surface area contributed by atoms with Crippen LogP contribution in [0.15, 0.2) is 34.2 Å². The second-order valence-corrected chi connectivity index (χ2v) is 8.25. The quantitative estimate of drug-likeness (QED) is 0.628. The zero-order valence-corrected chi connectivity index (χ0v) is 18.3. The van der Waals surface area contributed by atoms with Crippen molar-refractivity contribution in [2.75, 3.05) is 38.0 Å². The number of hydrogen-bond donors (Lipinski definition) is 1. The molecule has 0 unspecified atom stereocenters. The Labute approximate surface area is 184 Å². The molecule has 3 aromatic heterocycles. The standard InChI is InChI=1S/C21H24N6O3S/c1-14-3-4-17(30-14)20-23-16(21-22-6-12-31-21)13-18(25-20)24-19(29)5-7-26-8-10-27(11-9-26)15(2)28/h3-4,6,12-13H,5,7-11H2,1-2H3,(H,23,24,25,29). The molecule has 0 spiro atoms. The van der Waals surface area contributed by atoms with Crippen LogP contribution in [-0.2, 0) is 9.59 Å². The second kappa shape index (κ2) is 9.36. The minimum atomic E-state index is -0.126. The van der Waals surface area contributed by atoms with Crippen LogP contribution < -0.4 is 5.32 Å². The van der Waals surface area contributed by atoms with Crippen LogP contribution in [0.4, 0.5) is 5.82 Å². The van der Waals surface area contributed by atoms with Crippen molar-refractivity contribution >= 4 is 29.0 Å². The summed E-state index contributed by atoms with van der Waals surface area (Å²) in [5, 5.41) is 5.50. The molecule has 1 N–H and O–H groups in total. The maximum atomic E-state index is 12.6. The zero-order chi connectivity index (χ0) is 21.8. The minimum absolute atomic E-state index is 0.0970. The molecule has 4 heterocycles. The Morgan fingerprint density at radius 3 is 2.65 bits per heavy atom. The van der Waals surface area contributed by atoms with Gasteiger partial charge in [-0.3, -0.25) is 14.5 Å². The lowest BCUT2D eigenvalue weighted by Crippen LogP contribution is -2.48. The van der Waals surface area contributed by atoms with E-state index in [2.05, 4.69) is 25.2 Å². The van der Waals surface area contributed by atoms with Gasteiger partial charge >= 0.3 is 0 Å². The lowest BCUT2D eigenvalue weighted by Gasteiger charge is -2.33. The average Bonchev–Trinajstić information content (AvgIpc) is 3.44. The van der Waals surface area contributed by atoms with Crippen molar-refractivity contribution in [3.05, 3.63) is 35.5 Å². The molecule has 1 aliphatic rings. The molecule has 1 saturated heterocycles. The van der Waals surface area contributed by atoms with Gasteiger partial charge in [-0.05, 0) is 19.1 Å². The molecule has 162 valence electrons. The molecule has 3 aromatic rings. The maximum Gasteiger partial charge on any atom is 0.226 e. The molecule has 31 heavy (non-hydrogen) atoms. The molecule has 1 aliphatic heterocycles. The molecular formula is C21H24N6O3S. The lowest BCUT2D eigenvalue weighted by atomic mass is 10.2. The van der Waals surface area contributed by atoms with Crippen LogP contribution in [0.3, 0.4) is 0 Å². The number of amides is 2. The van der Waals surface area contributed by atoms with Crippen LogP contribution in [0, 0.1) is 6.92 Å². The predicted octanol–water partition coefficient (Wildman–Crippen LogP) is 2.66. The first-order chi connectivity index (χ1) is 15.0. The largest absolute Gasteiger partial charge is 0.458 e. The monoisotopic (exact) mass is 440 g/mol. The highest BCUT2D eigenvalue weighted by Crippen LogP contribution is 2.26. The molecular weight excluding hydrogens is 416 g/mol. The van der Waals surface area contributed by atoms with E-state index in [0.29, 0.717) is 49.2 Å². The first-order valence-corrected chi connectivity index (χ1v) is 11.0. The van der Waals surface area contributed by atoms with Crippen molar-refractivity contribution in [2.24, 2.45) is 0 Å². The third-order valence-corrected chi connectivity index (χ3v) is 5.87. The van der Waals surface area contributed by atoms with Gasteiger partial charge in [0.2, 0.25) is 11.8 Å². The van der Waals surface area contributed by atoms with Crippen molar-refractivity contribution in [2.45, 2.75) is 20.3 Å². The summed E-state index contributed by atoms with van der Waals surface area (Å²) < 4.78 is 5.66. The summed E-state index contributed by atoms with van der Waals surface area (Å²) in [7, 11) is 0. The lowest BCUT2D eigenvalue weighted by molar-refractivity contribution is -0.130. The molecule has 0 bridgehead atoms. The highest BCUT2D eigenvalue weighted by Gasteiger charge is 2.19. The van der Waals surface area contributed by atoms with Crippen molar-refractivity contribution in [1.29, 1.82) is 0 Å². The molecule has 0 aliphatic carbocycles. The molecule has 2 amide bonds. The number of nitrogens with zero attached hydrogens (tertiary/aromatic N) is 5. The zero-order valence-electron chi connectivity index (χ0n) is 17.5. The molecule has 0 saturated carbocycles. The Balaban J connectivity index is 1.43. The van der Waals surface area contributed by atoms with Gasteiger partial charge in [-0.1, -0.05) is 0 Å². The number of carbonyl (C=O) groups excluding carboxylic acids is 2. The second-order valence-electron chi connectivity index (χ2n) is 7.36. The number of nitrogens with one attached hydrogen (secondary N) is 1. The number of aryl methyl sites for hydroxylation is 1. The third-order valence-electron chi connectivity index (χ3n) is 5.08. The van der Waals surface area contributed by atoms with Gasteiger partial charge in [0.05, 0.1) is 0 Å². The molecule has 0 radical (unpaired) electrons. The van der Waals surface area contributed by atoms with E-state index in [0.717, 1.165) is 23.9 Å². The fourth-order valence-corrected chi connectivity index (χ4v) is 3.98. The van der Waals surface area contributed by atoms with E-state index < -0.39 is 0 Å². The highest BCUT2D eigenvalue weighted by molar-refractivity contribution is 7.13. The van der Waals surface area contributed by atoms with Crippen LogP contribution in [0.5, 0.6) is 0 Å². The summed E-state index contributed by atoms with van der Waals surface area (Å²) in [5.41, 5.74) is 0.629. The molecule has 0 aromatic carbocycles. The third kappa shape index (κ3) is 5.33. The van der Waals surface area contributed by atoms with Gasteiger partial charge in [0, 0.05) is 63.7 Å². The summed E-state index contributed by atoms with van der Waals surface area (Å²) >= 11 is 1.46. The molecule has 4 rings (SSSR count). The van der Waals surface area contributed by atoms with Crippen LogP contribution in [0.25, 0.3) is 22.3 Å². The van der Waals surface area contributed by atoms with Crippen LogP contribution in [0.2, 0.25) is 0 Å². The number of piperazine rings is 1. The van der Waals surface area contributed by atoms with E-state index in [-0.39, 0.29) is 11.8 Å². The fraction of sp³-hybridized carbons (Fsp3) is 0.381. The van der Waals surface area contributed by atoms with Gasteiger partial charge in [0.15, 0.2) is 11.6 Å². The number of carbonyl (C=O) groups is 2. The van der Waals surface area contributed by atoms with Crippen molar-refractivity contribution in [3.63, 3.8) is 0 Å². The van der Waals surface area contributed by atoms with Crippen LogP contribution in [-0.4, -0.2) is 69.3 Å². The number of furan rings is 1. The maximum absolute atomic E-state index is 12.6. The molecule has 1 fully saturated rings. The van der Waals surface area contributed by atoms with E-state index in [9.17, 15) is 9.59 Å². The topological polar surface area (TPSA) is 104 Å². The van der Waals surface area contributed by atoms with Crippen molar-refractivity contribution in [3.8, 4) is 22.3 Å². The smallest absolute Gasteiger partial charge is 0.226 e. The van der Waals surface area contributed by atoms with Gasteiger partial charge in [0.25, 0.3) is 0 Å². The van der Waals surface area contributed by atoms with E-state index >= 15 is 0 Å². The van der Waals surface area contributed by atoms with Gasteiger partial charge in [-0.25, -0.2) is 15.0 Å². The van der Waals surface area contributed by atoms with Gasteiger partial charge < -0.3 is 14.6 Å². The molecule has 0 atom stereocenters. The Kier molecular flexibility index (Phi) is 6.38. The van der Waals surface area contributed by atoms with E-state index in [4.69, 9.17) is 4.42 Å². The number of rotatable bonds is 6. The number of aromatic nitrogens is 3. The summed E-state index contributed by atoms with van der Waals surface area (Å²) in [6.45, 7) is 7.02. The highest BCUT2D eigenvalue weighted by atomic mass is 32.1. The number of thiazole rings is 1. The van der Waals surface area contributed by atoms with Crippen molar-refractivity contribution in [1.82, 2.24) is 24.8 Å². The summed E-state index contributed by atoms with van der Waals surface area (Å²) in [5.74, 6) is 2.08. The average molecular weight is 441 g/mol. The minimum Gasteiger partial charge on any atom is -0.458 e. The Hall–Kier alpha value is -3.11.